The maximum absolute atomic E-state index is 6.04. The van der Waals surface area contributed by atoms with Gasteiger partial charge in [0.15, 0.2) is 0 Å². The van der Waals surface area contributed by atoms with Crippen LogP contribution >= 0.6 is 11.6 Å². The zero-order chi connectivity index (χ0) is 13.8. The van der Waals surface area contributed by atoms with E-state index in [1.807, 2.05) is 18.2 Å². The molecule has 0 spiro atoms. The third-order valence-corrected chi connectivity index (χ3v) is 3.96. The number of benzene rings is 1. The van der Waals surface area contributed by atoms with Crippen LogP contribution in [0.25, 0.3) is 11.0 Å². The quantitative estimate of drug-likeness (QED) is 0.847. The van der Waals surface area contributed by atoms with Crippen molar-refractivity contribution in [2.75, 3.05) is 5.73 Å². The largest absolute Gasteiger partial charge is 0.369 e. The van der Waals surface area contributed by atoms with Gasteiger partial charge in [0, 0.05) is 11.6 Å². The summed E-state index contributed by atoms with van der Waals surface area (Å²) in [6.45, 7) is 5.42. The minimum absolute atomic E-state index is 0.590. The van der Waals surface area contributed by atoms with Crippen molar-refractivity contribution in [3.05, 3.63) is 23.2 Å². The SMILES string of the molecule is CCCCC(CC)Cn1c(N)nc2cc(Cl)ccc21. The second-order valence-electron chi connectivity index (χ2n) is 5.13. The average molecular weight is 280 g/mol. The lowest BCUT2D eigenvalue weighted by Crippen LogP contribution is -2.12. The smallest absolute Gasteiger partial charge is 0.201 e. The molecule has 0 saturated heterocycles. The number of nitrogen functional groups attached to an aromatic ring is 1. The van der Waals surface area contributed by atoms with Gasteiger partial charge in [0.05, 0.1) is 11.0 Å². The van der Waals surface area contributed by atoms with Crippen LogP contribution in [0.5, 0.6) is 0 Å². The van der Waals surface area contributed by atoms with E-state index in [1.54, 1.807) is 0 Å². The summed E-state index contributed by atoms with van der Waals surface area (Å²) in [7, 11) is 0. The number of hydrogen-bond acceptors (Lipinski definition) is 2. The van der Waals surface area contributed by atoms with E-state index in [2.05, 4.69) is 23.4 Å². The summed E-state index contributed by atoms with van der Waals surface area (Å²) in [4.78, 5) is 4.40. The zero-order valence-electron chi connectivity index (χ0n) is 11.7. The van der Waals surface area contributed by atoms with Crippen LogP contribution < -0.4 is 5.73 Å². The fraction of sp³-hybridized carbons (Fsp3) is 0.533. The summed E-state index contributed by atoms with van der Waals surface area (Å²) in [6.07, 6.45) is 4.94. The normalized spacial score (nSPS) is 13.0. The van der Waals surface area contributed by atoms with E-state index >= 15 is 0 Å². The molecule has 0 aliphatic carbocycles. The molecule has 0 amide bonds. The molecule has 0 aliphatic heterocycles. The van der Waals surface area contributed by atoms with Crippen molar-refractivity contribution in [1.82, 2.24) is 9.55 Å². The van der Waals surface area contributed by atoms with Gasteiger partial charge in [-0.3, -0.25) is 0 Å². The highest BCUT2D eigenvalue weighted by Gasteiger charge is 2.13. The first-order valence-corrected chi connectivity index (χ1v) is 7.44. The number of nitrogens with zero attached hydrogens (tertiary/aromatic N) is 2. The predicted octanol–water partition coefficient (Wildman–Crippen LogP) is 4.49. The van der Waals surface area contributed by atoms with Crippen molar-refractivity contribution in [3.8, 4) is 0 Å². The van der Waals surface area contributed by atoms with Crippen LogP contribution in [0.1, 0.15) is 39.5 Å². The van der Waals surface area contributed by atoms with Crippen LogP contribution in [0.15, 0.2) is 18.2 Å². The number of anilines is 1. The topological polar surface area (TPSA) is 43.8 Å². The van der Waals surface area contributed by atoms with Crippen LogP contribution in [0, 0.1) is 5.92 Å². The zero-order valence-corrected chi connectivity index (χ0v) is 12.5. The van der Waals surface area contributed by atoms with Gasteiger partial charge in [-0.1, -0.05) is 44.7 Å². The van der Waals surface area contributed by atoms with Crippen molar-refractivity contribution in [3.63, 3.8) is 0 Å². The van der Waals surface area contributed by atoms with Gasteiger partial charge < -0.3 is 10.3 Å². The molecule has 0 fully saturated rings. The molecular formula is C15H22ClN3. The summed E-state index contributed by atoms with van der Waals surface area (Å²) in [5.41, 5.74) is 8.01. The highest BCUT2D eigenvalue weighted by Crippen LogP contribution is 2.24. The highest BCUT2D eigenvalue weighted by molar-refractivity contribution is 6.31. The van der Waals surface area contributed by atoms with Crippen molar-refractivity contribution in [1.29, 1.82) is 0 Å². The molecule has 1 heterocycles. The molecule has 3 nitrogen and oxygen atoms in total. The van der Waals surface area contributed by atoms with Crippen molar-refractivity contribution in [2.45, 2.75) is 46.1 Å². The molecule has 4 heteroatoms. The fourth-order valence-corrected chi connectivity index (χ4v) is 2.66. The molecule has 2 N–H and O–H groups in total. The van der Waals surface area contributed by atoms with Gasteiger partial charge in [0.1, 0.15) is 0 Å². The Kier molecular flexibility index (Phi) is 4.70. The molecule has 1 atom stereocenters. The number of halogens is 1. The minimum Gasteiger partial charge on any atom is -0.369 e. The summed E-state index contributed by atoms with van der Waals surface area (Å²) < 4.78 is 2.12. The van der Waals surface area contributed by atoms with E-state index in [9.17, 15) is 0 Å². The molecule has 1 unspecified atom stereocenters. The molecule has 0 bridgehead atoms. The maximum atomic E-state index is 6.04. The van der Waals surface area contributed by atoms with Gasteiger partial charge in [0.25, 0.3) is 0 Å². The van der Waals surface area contributed by atoms with Crippen LogP contribution in [0.2, 0.25) is 5.02 Å². The number of nitrogens with two attached hydrogens (primary N) is 1. The molecule has 104 valence electrons. The van der Waals surface area contributed by atoms with E-state index in [4.69, 9.17) is 17.3 Å². The molecule has 2 aromatic rings. The molecule has 19 heavy (non-hydrogen) atoms. The number of hydrogen-bond donors (Lipinski definition) is 1. The van der Waals surface area contributed by atoms with E-state index in [0.717, 1.165) is 17.6 Å². The Balaban J connectivity index is 2.26. The Morgan fingerprint density at radius 3 is 2.84 bits per heavy atom. The third-order valence-electron chi connectivity index (χ3n) is 3.72. The van der Waals surface area contributed by atoms with Crippen LogP contribution in [-0.2, 0) is 6.54 Å². The standard InChI is InChI=1S/C15H22ClN3/c1-3-5-6-11(4-2)10-19-14-8-7-12(16)9-13(14)18-15(19)17/h7-9,11H,3-6,10H2,1-2H3,(H2,17,18). The first-order chi connectivity index (χ1) is 9.15. The van der Waals surface area contributed by atoms with Gasteiger partial charge in [-0.05, 0) is 30.5 Å². The maximum Gasteiger partial charge on any atom is 0.201 e. The van der Waals surface area contributed by atoms with Gasteiger partial charge in [0.2, 0.25) is 5.95 Å². The second-order valence-corrected chi connectivity index (χ2v) is 5.57. The van der Waals surface area contributed by atoms with Gasteiger partial charge in [-0.25, -0.2) is 4.98 Å². The monoisotopic (exact) mass is 279 g/mol. The van der Waals surface area contributed by atoms with Crippen LogP contribution in [0.4, 0.5) is 5.95 Å². The summed E-state index contributed by atoms with van der Waals surface area (Å²) in [5.74, 6) is 1.25. The van der Waals surface area contributed by atoms with E-state index < -0.39 is 0 Å². The average Bonchev–Trinajstić information content (AvgIpc) is 2.69. The van der Waals surface area contributed by atoms with E-state index in [1.165, 1.54) is 25.7 Å². The number of imidazole rings is 1. The summed E-state index contributed by atoms with van der Waals surface area (Å²) in [6, 6.07) is 5.78. The Bertz CT molecular complexity index is 548. The van der Waals surface area contributed by atoms with Gasteiger partial charge >= 0.3 is 0 Å². The fourth-order valence-electron chi connectivity index (χ4n) is 2.49. The summed E-state index contributed by atoms with van der Waals surface area (Å²) >= 11 is 5.99. The Hall–Kier alpha value is -1.22. The van der Waals surface area contributed by atoms with E-state index in [-0.39, 0.29) is 0 Å². The number of fused-ring (bicyclic) bond motifs is 1. The highest BCUT2D eigenvalue weighted by atomic mass is 35.5. The Morgan fingerprint density at radius 2 is 2.16 bits per heavy atom. The molecule has 2 rings (SSSR count). The lowest BCUT2D eigenvalue weighted by atomic mass is 9.99. The predicted molar refractivity (Wildman–Crippen MR) is 82.5 cm³/mol. The lowest BCUT2D eigenvalue weighted by molar-refractivity contribution is 0.398. The first-order valence-electron chi connectivity index (χ1n) is 7.07. The van der Waals surface area contributed by atoms with Crippen molar-refractivity contribution < 1.29 is 0 Å². The van der Waals surface area contributed by atoms with Crippen molar-refractivity contribution >= 4 is 28.6 Å². The number of aromatic nitrogens is 2. The van der Waals surface area contributed by atoms with Gasteiger partial charge in [-0.2, -0.15) is 0 Å². The molecule has 1 aromatic heterocycles. The minimum atomic E-state index is 0.590. The first kappa shape index (κ1) is 14.2. The lowest BCUT2D eigenvalue weighted by Gasteiger charge is -2.16. The number of rotatable bonds is 6. The Morgan fingerprint density at radius 1 is 1.37 bits per heavy atom. The van der Waals surface area contributed by atoms with Crippen LogP contribution in [-0.4, -0.2) is 9.55 Å². The summed E-state index contributed by atoms with van der Waals surface area (Å²) in [5, 5.41) is 0.704. The molecule has 0 radical (unpaired) electrons. The molecule has 1 aromatic carbocycles. The van der Waals surface area contributed by atoms with Crippen molar-refractivity contribution in [2.24, 2.45) is 5.92 Å². The van der Waals surface area contributed by atoms with E-state index in [0.29, 0.717) is 16.9 Å². The van der Waals surface area contributed by atoms with Crippen LogP contribution in [0.3, 0.4) is 0 Å². The van der Waals surface area contributed by atoms with Gasteiger partial charge in [-0.15, -0.1) is 0 Å². The second kappa shape index (κ2) is 6.29. The molecule has 0 aliphatic rings. The third kappa shape index (κ3) is 3.21. The Labute approximate surface area is 119 Å². The molecule has 0 saturated carbocycles. The molecular weight excluding hydrogens is 258 g/mol. The number of unbranched alkanes of at least 4 members (excludes halogenated alkanes) is 1.